The van der Waals surface area contributed by atoms with Crippen LogP contribution in [0, 0.1) is 0 Å². The molecule has 0 fully saturated rings. The standard InChI is InChI=1S/C19H23N3OS/c1-2-20-12-13-21-19(23)11-14-22-15-7-3-5-9-17(15)24-18-10-6-4-8-16(18)22/h3-10,20H,2,11-14H2,1H3,(H,21,23). The fourth-order valence-electron chi connectivity index (χ4n) is 2.79. The number of carbonyl (C=O) groups excluding carboxylic acids is 1. The molecular weight excluding hydrogens is 318 g/mol. The van der Waals surface area contributed by atoms with Crippen molar-refractivity contribution in [1.82, 2.24) is 10.6 Å². The zero-order valence-electron chi connectivity index (χ0n) is 13.9. The van der Waals surface area contributed by atoms with E-state index in [2.05, 4.69) is 71.0 Å². The number of nitrogens with zero attached hydrogens (tertiary/aromatic N) is 1. The lowest BCUT2D eigenvalue weighted by Gasteiger charge is -2.32. The van der Waals surface area contributed by atoms with Crippen LogP contribution in [0.1, 0.15) is 13.3 Å². The molecule has 126 valence electrons. The normalized spacial score (nSPS) is 12.5. The van der Waals surface area contributed by atoms with Crippen molar-refractivity contribution in [1.29, 1.82) is 0 Å². The number of benzene rings is 2. The molecule has 0 bridgehead atoms. The highest BCUT2D eigenvalue weighted by Gasteiger charge is 2.22. The smallest absolute Gasteiger partial charge is 0.221 e. The van der Waals surface area contributed by atoms with E-state index in [1.165, 1.54) is 21.2 Å². The summed E-state index contributed by atoms with van der Waals surface area (Å²) in [7, 11) is 0. The highest BCUT2D eigenvalue weighted by atomic mass is 32.2. The van der Waals surface area contributed by atoms with E-state index in [-0.39, 0.29) is 5.91 Å². The summed E-state index contributed by atoms with van der Waals surface area (Å²) in [6.45, 7) is 5.16. The first-order valence-corrected chi connectivity index (χ1v) is 9.22. The van der Waals surface area contributed by atoms with Crippen LogP contribution in [0.15, 0.2) is 58.3 Å². The van der Waals surface area contributed by atoms with E-state index in [4.69, 9.17) is 0 Å². The van der Waals surface area contributed by atoms with E-state index < -0.39 is 0 Å². The summed E-state index contributed by atoms with van der Waals surface area (Å²) >= 11 is 1.79. The topological polar surface area (TPSA) is 44.4 Å². The molecule has 0 radical (unpaired) electrons. The molecule has 0 unspecified atom stereocenters. The number of likely N-dealkylation sites (N-methyl/N-ethyl adjacent to an activating group) is 1. The number of hydrogen-bond acceptors (Lipinski definition) is 4. The maximum atomic E-state index is 12.1. The van der Waals surface area contributed by atoms with Crippen molar-refractivity contribution >= 4 is 29.0 Å². The predicted molar refractivity (Wildman–Crippen MR) is 100 cm³/mol. The van der Waals surface area contributed by atoms with Gasteiger partial charge in [-0.1, -0.05) is 43.0 Å². The van der Waals surface area contributed by atoms with Crippen LogP contribution in [0.4, 0.5) is 11.4 Å². The number of para-hydroxylation sites is 2. The third-order valence-corrected chi connectivity index (χ3v) is 5.10. The first-order valence-electron chi connectivity index (χ1n) is 8.40. The van der Waals surface area contributed by atoms with E-state index in [0.717, 1.165) is 13.1 Å². The summed E-state index contributed by atoms with van der Waals surface area (Å²) in [6.07, 6.45) is 0.486. The van der Waals surface area contributed by atoms with Crippen LogP contribution in [0.5, 0.6) is 0 Å². The molecule has 0 aromatic heterocycles. The van der Waals surface area contributed by atoms with E-state index in [1.54, 1.807) is 11.8 Å². The predicted octanol–water partition coefficient (Wildman–Crippen LogP) is 3.41. The minimum atomic E-state index is 0.0982. The van der Waals surface area contributed by atoms with Gasteiger partial charge in [0.2, 0.25) is 5.91 Å². The van der Waals surface area contributed by atoms with Gasteiger partial charge in [-0.25, -0.2) is 0 Å². The molecular formula is C19H23N3OS. The molecule has 1 aliphatic rings. The van der Waals surface area contributed by atoms with Crippen molar-refractivity contribution in [3.05, 3.63) is 48.5 Å². The average Bonchev–Trinajstić information content (AvgIpc) is 2.62. The van der Waals surface area contributed by atoms with Gasteiger partial charge >= 0.3 is 0 Å². The van der Waals surface area contributed by atoms with Gasteiger partial charge in [-0.2, -0.15) is 0 Å². The zero-order valence-corrected chi connectivity index (χ0v) is 14.7. The summed E-state index contributed by atoms with van der Waals surface area (Å²) in [5.74, 6) is 0.0982. The third kappa shape index (κ3) is 3.91. The zero-order chi connectivity index (χ0) is 16.8. The second-order valence-electron chi connectivity index (χ2n) is 5.64. The van der Waals surface area contributed by atoms with Crippen molar-refractivity contribution < 1.29 is 4.79 Å². The Bertz CT molecular complexity index is 659. The molecule has 5 heteroatoms. The summed E-state index contributed by atoms with van der Waals surface area (Å²) in [5, 5.41) is 6.18. The van der Waals surface area contributed by atoms with Crippen LogP contribution in [0.25, 0.3) is 0 Å². The van der Waals surface area contributed by atoms with Gasteiger partial charge in [0.15, 0.2) is 0 Å². The van der Waals surface area contributed by atoms with Crippen LogP contribution < -0.4 is 15.5 Å². The lowest BCUT2D eigenvalue weighted by molar-refractivity contribution is -0.120. The molecule has 0 spiro atoms. The van der Waals surface area contributed by atoms with Crippen molar-refractivity contribution in [2.45, 2.75) is 23.1 Å². The number of carbonyl (C=O) groups is 1. The van der Waals surface area contributed by atoms with E-state index in [0.29, 0.717) is 19.5 Å². The van der Waals surface area contributed by atoms with Gasteiger partial charge in [-0.15, -0.1) is 0 Å². The van der Waals surface area contributed by atoms with E-state index in [9.17, 15) is 4.79 Å². The van der Waals surface area contributed by atoms with Gasteiger partial charge in [0, 0.05) is 35.8 Å². The lowest BCUT2D eigenvalue weighted by atomic mass is 10.2. The van der Waals surface area contributed by atoms with Gasteiger partial charge in [-0.05, 0) is 30.8 Å². The second-order valence-corrected chi connectivity index (χ2v) is 6.73. The number of amides is 1. The monoisotopic (exact) mass is 341 g/mol. The Morgan fingerprint density at radius 3 is 2.25 bits per heavy atom. The summed E-state index contributed by atoms with van der Waals surface area (Å²) in [4.78, 5) is 16.8. The molecule has 0 aliphatic carbocycles. The first kappa shape index (κ1) is 16.9. The van der Waals surface area contributed by atoms with Gasteiger partial charge in [0.1, 0.15) is 0 Å². The van der Waals surface area contributed by atoms with Crippen molar-refractivity contribution in [3.63, 3.8) is 0 Å². The Kier molecular flexibility index (Phi) is 5.77. The maximum Gasteiger partial charge on any atom is 0.221 e. The van der Waals surface area contributed by atoms with Crippen molar-refractivity contribution in [3.8, 4) is 0 Å². The molecule has 24 heavy (non-hydrogen) atoms. The van der Waals surface area contributed by atoms with Crippen LogP contribution in [0.3, 0.4) is 0 Å². The molecule has 2 aromatic carbocycles. The molecule has 0 atom stereocenters. The Labute approximate surface area is 147 Å². The number of anilines is 2. The molecule has 2 aromatic rings. The quantitative estimate of drug-likeness (QED) is 0.758. The van der Waals surface area contributed by atoms with Gasteiger partial charge in [0.05, 0.1) is 11.4 Å². The number of fused-ring (bicyclic) bond motifs is 2. The van der Waals surface area contributed by atoms with Gasteiger partial charge in [-0.3, -0.25) is 4.79 Å². The molecule has 2 N–H and O–H groups in total. The van der Waals surface area contributed by atoms with Gasteiger partial charge in [0.25, 0.3) is 0 Å². The highest BCUT2D eigenvalue weighted by Crippen LogP contribution is 2.47. The summed E-state index contributed by atoms with van der Waals surface area (Å²) in [5.41, 5.74) is 2.36. The number of nitrogens with one attached hydrogen (secondary N) is 2. The van der Waals surface area contributed by atoms with Crippen LogP contribution in [-0.2, 0) is 4.79 Å². The number of rotatable bonds is 7. The Hall–Kier alpha value is -1.98. The Balaban J connectivity index is 1.68. The minimum absolute atomic E-state index is 0.0982. The molecule has 0 saturated heterocycles. The van der Waals surface area contributed by atoms with Crippen molar-refractivity contribution in [2.24, 2.45) is 0 Å². The molecule has 1 heterocycles. The summed E-state index contributed by atoms with van der Waals surface area (Å²) < 4.78 is 0. The maximum absolute atomic E-state index is 12.1. The first-order chi connectivity index (χ1) is 11.8. The van der Waals surface area contributed by atoms with Crippen molar-refractivity contribution in [2.75, 3.05) is 31.1 Å². The largest absolute Gasteiger partial charge is 0.355 e. The number of hydrogen-bond donors (Lipinski definition) is 2. The Morgan fingerprint density at radius 2 is 1.62 bits per heavy atom. The minimum Gasteiger partial charge on any atom is -0.355 e. The molecule has 1 amide bonds. The fourth-order valence-corrected chi connectivity index (χ4v) is 3.89. The Morgan fingerprint density at radius 1 is 1.00 bits per heavy atom. The molecule has 0 saturated carbocycles. The molecule has 1 aliphatic heterocycles. The SMILES string of the molecule is CCNCCNC(=O)CCN1c2ccccc2Sc2ccccc21. The van der Waals surface area contributed by atoms with Crippen LogP contribution in [-0.4, -0.2) is 32.1 Å². The van der Waals surface area contributed by atoms with E-state index in [1.807, 2.05) is 0 Å². The van der Waals surface area contributed by atoms with Crippen LogP contribution >= 0.6 is 11.8 Å². The third-order valence-electron chi connectivity index (χ3n) is 3.97. The van der Waals surface area contributed by atoms with E-state index >= 15 is 0 Å². The lowest BCUT2D eigenvalue weighted by Crippen LogP contribution is -2.34. The second kappa shape index (κ2) is 8.22. The molecule has 3 rings (SSSR count). The van der Waals surface area contributed by atoms with Gasteiger partial charge < -0.3 is 15.5 Å². The molecule has 4 nitrogen and oxygen atoms in total. The fraction of sp³-hybridized carbons (Fsp3) is 0.316. The van der Waals surface area contributed by atoms with Crippen LogP contribution in [0.2, 0.25) is 0 Å². The average molecular weight is 341 g/mol. The highest BCUT2D eigenvalue weighted by molar-refractivity contribution is 7.99. The summed E-state index contributed by atoms with van der Waals surface area (Å²) in [6, 6.07) is 16.8.